The number of aliphatic hydroxyl groups excluding tert-OH is 1. The lowest BCUT2D eigenvalue weighted by atomic mass is 9.72. The molecule has 0 saturated heterocycles. The molecule has 0 aromatic carbocycles. The second-order valence-corrected chi connectivity index (χ2v) is 5.28. The fourth-order valence-electron chi connectivity index (χ4n) is 3.03. The number of rotatable bonds is 1. The van der Waals surface area contributed by atoms with Crippen molar-refractivity contribution in [2.45, 2.75) is 51.6 Å². The van der Waals surface area contributed by atoms with Gasteiger partial charge in [0.25, 0.3) is 0 Å². The molecule has 0 aromatic heterocycles. The molecule has 2 heteroatoms. The molecule has 2 rings (SSSR count). The first-order chi connectivity index (χ1) is 6.51. The van der Waals surface area contributed by atoms with Crippen LogP contribution < -0.4 is 0 Å². The molecule has 0 fully saturated rings. The topological polar surface area (TPSA) is 40.5 Å². The van der Waals surface area contributed by atoms with Gasteiger partial charge in [0, 0.05) is 11.8 Å². The van der Waals surface area contributed by atoms with Gasteiger partial charge in [0.1, 0.15) is 5.60 Å². The summed E-state index contributed by atoms with van der Waals surface area (Å²) < 4.78 is 0. The Morgan fingerprint density at radius 2 is 1.86 bits per heavy atom. The van der Waals surface area contributed by atoms with Crippen molar-refractivity contribution in [3.05, 3.63) is 11.1 Å². The number of aliphatic hydroxyl groups is 2. The van der Waals surface area contributed by atoms with E-state index in [2.05, 4.69) is 13.8 Å². The van der Waals surface area contributed by atoms with E-state index in [9.17, 15) is 10.2 Å². The van der Waals surface area contributed by atoms with Gasteiger partial charge < -0.3 is 10.2 Å². The van der Waals surface area contributed by atoms with E-state index in [0.29, 0.717) is 6.42 Å². The highest BCUT2D eigenvalue weighted by Gasteiger charge is 2.51. The maximum absolute atomic E-state index is 10.4. The number of hydrogen-bond donors (Lipinski definition) is 2. The molecule has 0 aromatic rings. The molecule has 2 aliphatic carbocycles. The van der Waals surface area contributed by atoms with Crippen LogP contribution in [-0.4, -0.2) is 22.4 Å². The van der Waals surface area contributed by atoms with Crippen molar-refractivity contribution < 1.29 is 10.2 Å². The zero-order valence-corrected chi connectivity index (χ0v) is 9.14. The average Bonchev–Trinajstić information content (AvgIpc) is 2.37. The molecule has 0 aliphatic heterocycles. The summed E-state index contributed by atoms with van der Waals surface area (Å²) in [6.07, 6.45) is 5.41. The molecule has 0 bridgehead atoms. The maximum atomic E-state index is 10.4. The van der Waals surface area contributed by atoms with Crippen LogP contribution in [0, 0.1) is 5.41 Å². The summed E-state index contributed by atoms with van der Waals surface area (Å²) in [5.74, 6) is 0. The molecule has 14 heavy (non-hydrogen) atoms. The molecule has 80 valence electrons. The summed E-state index contributed by atoms with van der Waals surface area (Å²) >= 11 is 0. The van der Waals surface area contributed by atoms with Gasteiger partial charge in [-0.05, 0) is 25.7 Å². The smallest absolute Gasteiger partial charge is 0.100 e. The number of hydrogen-bond acceptors (Lipinski definition) is 2. The van der Waals surface area contributed by atoms with E-state index in [0.717, 1.165) is 12.8 Å². The fourth-order valence-corrected chi connectivity index (χ4v) is 3.03. The van der Waals surface area contributed by atoms with Crippen LogP contribution in [0.4, 0.5) is 0 Å². The van der Waals surface area contributed by atoms with Gasteiger partial charge in [0.2, 0.25) is 0 Å². The standard InChI is InChI=1S/C12H20O2/c1-11(2)10-6-4-3-5-9(10)7-12(11,14)8-13/h13-14H,3-8H2,1-2H3. The molecule has 0 spiro atoms. The quantitative estimate of drug-likeness (QED) is 0.630. The Kier molecular flexibility index (Phi) is 2.24. The molecular weight excluding hydrogens is 176 g/mol. The van der Waals surface area contributed by atoms with E-state index in [4.69, 9.17) is 0 Å². The van der Waals surface area contributed by atoms with Crippen LogP contribution in [-0.2, 0) is 0 Å². The van der Waals surface area contributed by atoms with E-state index in [1.807, 2.05) is 0 Å². The van der Waals surface area contributed by atoms with Crippen LogP contribution in [0.2, 0.25) is 0 Å². The molecule has 2 nitrogen and oxygen atoms in total. The molecular formula is C12H20O2. The molecule has 1 unspecified atom stereocenters. The van der Waals surface area contributed by atoms with E-state index in [-0.39, 0.29) is 12.0 Å². The van der Waals surface area contributed by atoms with Crippen molar-refractivity contribution in [1.82, 2.24) is 0 Å². The summed E-state index contributed by atoms with van der Waals surface area (Å²) in [6.45, 7) is 4.01. The molecule has 0 saturated carbocycles. The van der Waals surface area contributed by atoms with Crippen LogP contribution >= 0.6 is 0 Å². The zero-order chi connectivity index (χ0) is 10.4. The monoisotopic (exact) mass is 196 g/mol. The third-order valence-corrected chi connectivity index (χ3v) is 4.27. The summed E-state index contributed by atoms with van der Waals surface area (Å²) in [6, 6.07) is 0. The van der Waals surface area contributed by atoms with E-state index in [1.165, 1.54) is 24.0 Å². The first kappa shape index (κ1) is 10.2. The minimum absolute atomic E-state index is 0.118. The zero-order valence-electron chi connectivity index (χ0n) is 9.14. The van der Waals surface area contributed by atoms with Crippen molar-refractivity contribution in [1.29, 1.82) is 0 Å². The lowest BCUT2D eigenvalue weighted by Gasteiger charge is -2.38. The van der Waals surface area contributed by atoms with Gasteiger partial charge in [0.05, 0.1) is 6.61 Å². The van der Waals surface area contributed by atoms with Crippen LogP contribution in [0.1, 0.15) is 46.0 Å². The predicted molar refractivity (Wildman–Crippen MR) is 55.9 cm³/mol. The Hall–Kier alpha value is -0.340. The lowest BCUT2D eigenvalue weighted by molar-refractivity contribution is -0.0753. The Morgan fingerprint density at radius 3 is 2.43 bits per heavy atom. The average molecular weight is 196 g/mol. The van der Waals surface area contributed by atoms with Crippen molar-refractivity contribution in [2.75, 3.05) is 6.61 Å². The Morgan fingerprint density at radius 1 is 1.21 bits per heavy atom. The van der Waals surface area contributed by atoms with Gasteiger partial charge in [-0.1, -0.05) is 25.0 Å². The van der Waals surface area contributed by atoms with Crippen LogP contribution in [0.25, 0.3) is 0 Å². The molecule has 0 radical (unpaired) electrons. The highest BCUT2D eigenvalue weighted by molar-refractivity contribution is 5.35. The first-order valence-corrected chi connectivity index (χ1v) is 5.56. The Labute approximate surface area is 85.6 Å². The van der Waals surface area contributed by atoms with E-state index in [1.54, 1.807) is 0 Å². The van der Waals surface area contributed by atoms with Gasteiger partial charge in [-0.3, -0.25) is 0 Å². The highest BCUT2D eigenvalue weighted by Crippen LogP contribution is 2.54. The molecule has 0 amide bonds. The van der Waals surface area contributed by atoms with Crippen LogP contribution in [0.5, 0.6) is 0 Å². The maximum Gasteiger partial charge on any atom is 0.100 e. The fraction of sp³-hybridized carbons (Fsp3) is 0.833. The third kappa shape index (κ3) is 1.17. The normalized spacial score (nSPS) is 36.0. The molecule has 1 atom stereocenters. The van der Waals surface area contributed by atoms with Crippen LogP contribution in [0.15, 0.2) is 11.1 Å². The van der Waals surface area contributed by atoms with Gasteiger partial charge >= 0.3 is 0 Å². The SMILES string of the molecule is CC1(C)C2=C(CCCC2)CC1(O)CO. The van der Waals surface area contributed by atoms with E-state index >= 15 is 0 Å². The second-order valence-electron chi connectivity index (χ2n) is 5.28. The summed E-state index contributed by atoms with van der Waals surface area (Å²) in [5.41, 5.74) is 1.71. The molecule has 0 heterocycles. The van der Waals surface area contributed by atoms with Crippen molar-refractivity contribution in [2.24, 2.45) is 5.41 Å². The summed E-state index contributed by atoms with van der Waals surface area (Å²) in [4.78, 5) is 0. The van der Waals surface area contributed by atoms with Crippen molar-refractivity contribution in [3.63, 3.8) is 0 Å². The largest absolute Gasteiger partial charge is 0.393 e. The highest BCUT2D eigenvalue weighted by atomic mass is 16.3. The second kappa shape index (κ2) is 3.07. The summed E-state index contributed by atoms with van der Waals surface area (Å²) in [5, 5.41) is 19.7. The van der Waals surface area contributed by atoms with Crippen LogP contribution in [0.3, 0.4) is 0 Å². The Balaban J connectivity index is 2.36. The molecule has 2 N–H and O–H groups in total. The predicted octanol–water partition coefficient (Wildman–Crippen LogP) is 2.01. The Bertz CT molecular complexity index is 278. The van der Waals surface area contributed by atoms with Crippen molar-refractivity contribution in [3.8, 4) is 0 Å². The van der Waals surface area contributed by atoms with Gasteiger partial charge in [-0.25, -0.2) is 0 Å². The van der Waals surface area contributed by atoms with Gasteiger partial charge in [0.15, 0.2) is 0 Å². The summed E-state index contributed by atoms with van der Waals surface area (Å²) in [7, 11) is 0. The van der Waals surface area contributed by atoms with Crippen molar-refractivity contribution >= 4 is 0 Å². The van der Waals surface area contributed by atoms with E-state index < -0.39 is 5.60 Å². The minimum Gasteiger partial charge on any atom is -0.393 e. The lowest BCUT2D eigenvalue weighted by Crippen LogP contribution is -2.45. The third-order valence-electron chi connectivity index (χ3n) is 4.27. The minimum atomic E-state index is -0.901. The van der Waals surface area contributed by atoms with Gasteiger partial charge in [-0.15, -0.1) is 0 Å². The first-order valence-electron chi connectivity index (χ1n) is 5.56. The van der Waals surface area contributed by atoms with Gasteiger partial charge in [-0.2, -0.15) is 0 Å². The molecule has 2 aliphatic rings.